The van der Waals surface area contributed by atoms with Gasteiger partial charge in [-0.3, -0.25) is 14.9 Å². The maximum absolute atomic E-state index is 13.4. The van der Waals surface area contributed by atoms with Crippen LogP contribution in [0.1, 0.15) is 16.7 Å². The highest BCUT2D eigenvalue weighted by molar-refractivity contribution is 7.89. The Balaban J connectivity index is 1.80. The van der Waals surface area contributed by atoms with E-state index in [9.17, 15) is 23.3 Å². The zero-order valence-corrected chi connectivity index (χ0v) is 19.9. The van der Waals surface area contributed by atoms with Gasteiger partial charge in [-0.15, -0.1) is 0 Å². The summed E-state index contributed by atoms with van der Waals surface area (Å²) in [4.78, 5) is 23.0. The highest BCUT2D eigenvalue weighted by Crippen LogP contribution is 2.24. The predicted molar refractivity (Wildman–Crippen MR) is 131 cm³/mol. The van der Waals surface area contributed by atoms with E-state index in [1.807, 2.05) is 6.07 Å². The molecule has 0 aliphatic rings. The molecule has 3 rings (SSSR count). The lowest BCUT2D eigenvalue weighted by atomic mass is 10.2. The molecule has 0 aromatic heterocycles. The summed E-state index contributed by atoms with van der Waals surface area (Å²) in [6.07, 6.45) is 1.24. The molecule has 182 valence electrons. The minimum absolute atomic E-state index is 0.0274. The second-order valence-electron chi connectivity index (χ2n) is 7.54. The van der Waals surface area contributed by atoms with Gasteiger partial charge in [0, 0.05) is 24.2 Å². The Morgan fingerprint density at radius 1 is 1.11 bits per heavy atom. The Kier molecular flexibility index (Phi) is 8.29. The number of aryl methyl sites for hydroxylation is 1. The van der Waals surface area contributed by atoms with E-state index in [2.05, 4.69) is 10.5 Å². The zero-order chi connectivity index (χ0) is 25.4. The van der Waals surface area contributed by atoms with Crippen molar-refractivity contribution in [2.24, 2.45) is 5.10 Å². The van der Waals surface area contributed by atoms with E-state index < -0.39 is 27.4 Å². The maximum atomic E-state index is 13.4. The van der Waals surface area contributed by atoms with Gasteiger partial charge in [-0.1, -0.05) is 42.5 Å². The Morgan fingerprint density at radius 2 is 1.86 bits per heavy atom. The van der Waals surface area contributed by atoms with Gasteiger partial charge in [0.05, 0.1) is 29.7 Å². The minimum Gasteiger partial charge on any atom is -0.496 e. The molecule has 0 aliphatic heterocycles. The number of hydrazone groups is 1. The molecule has 0 atom stereocenters. The van der Waals surface area contributed by atoms with Gasteiger partial charge in [-0.25, -0.2) is 13.8 Å². The van der Waals surface area contributed by atoms with Crippen molar-refractivity contribution in [3.8, 4) is 5.75 Å². The van der Waals surface area contributed by atoms with Gasteiger partial charge >= 0.3 is 0 Å². The molecule has 0 bridgehead atoms. The van der Waals surface area contributed by atoms with Crippen LogP contribution in [-0.2, 0) is 21.4 Å². The fraction of sp³-hybridized carbons (Fsp3) is 0.167. The first-order valence-corrected chi connectivity index (χ1v) is 11.9. The number of nitrogens with zero attached hydrogens (tertiary/aromatic N) is 3. The van der Waals surface area contributed by atoms with Crippen LogP contribution in [0.3, 0.4) is 0 Å². The van der Waals surface area contributed by atoms with Crippen molar-refractivity contribution < 1.29 is 22.9 Å². The molecule has 0 aliphatic carbocycles. The molecular weight excluding hydrogens is 472 g/mol. The Hall–Kier alpha value is -4.09. The molecule has 11 heteroatoms. The molecule has 10 nitrogen and oxygen atoms in total. The number of sulfonamides is 1. The normalized spacial score (nSPS) is 11.5. The summed E-state index contributed by atoms with van der Waals surface area (Å²) in [6, 6.07) is 19.1. The summed E-state index contributed by atoms with van der Waals surface area (Å²) in [5, 5.41) is 14.7. The smallest absolute Gasteiger partial charge is 0.270 e. The molecule has 0 saturated carbocycles. The Morgan fingerprint density at radius 3 is 2.51 bits per heavy atom. The molecule has 35 heavy (non-hydrogen) atoms. The SMILES string of the molecule is COc1ccc(S(=O)(=O)N(CC(=O)N/N=C/c2cccc([N+](=O)[O-])c2)Cc2ccccc2)cc1C. The molecule has 1 amide bonds. The van der Waals surface area contributed by atoms with Crippen LogP contribution in [0, 0.1) is 17.0 Å². The number of benzene rings is 3. The van der Waals surface area contributed by atoms with Crippen LogP contribution in [0.15, 0.2) is 82.8 Å². The van der Waals surface area contributed by atoms with E-state index in [0.29, 0.717) is 22.4 Å². The van der Waals surface area contributed by atoms with Crippen molar-refractivity contribution in [3.05, 3.63) is 99.6 Å². The molecule has 3 aromatic carbocycles. The number of methoxy groups -OCH3 is 1. The largest absolute Gasteiger partial charge is 0.496 e. The van der Waals surface area contributed by atoms with Crippen molar-refractivity contribution in [2.45, 2.75) is 18.4 Å². The number of carbonyl (C=O) groups excluding carboxylic acids is 1. The van der Waals surface area contributed by atoms with Crippen LogP contribution in [0.5, 0.6) is 5.75 Å². The first-order valence-electron chi connectivity index (χ1n) is 10.5. The van der Waals surface area contributed by atoms with Crippen LogP contribution in [0.25, 0.3) is 0 Å². The lowest BCUT2D eigenvalue weighted by Crippen LogP contribution is -2.39. The fourth-order valence-corrected chi connectivity index (χ4v) is 4.74. The van der Waals surface area contributed by atoms with Gasteiger partial charge in [0.2, 0.25) is 10.0 Å². The fourth-order valence-electron chi connectivity index (χ4n) is 3.27. The summed E-state index contributed by atoms with van der Waals surface area (Å²) in [7, 11) is -2.55. The Bertz CT molecular complexity index is 1340. The van der Waals surface area contributed by atoms with Gasteiger partial charge in [-0.05, 0) is 36.2 Å². The number of nitrogens with one attached hydrogen (secondary N) is 1. The second-order valence-corrected chi connectivity index (χ2v) is 9.47. The second kappa shape index (κ2) is 11.4. The van der Waals surface area contributed by atoms with E-state index in [1.165, 1.54) is 43.7 Å². The van der Waals surface area contributed by atoms with Crippen molar-refractivity contribution in [2.75, 3.05) is 13.7 Å². The maximum Gasteiger partial charge on any atom is 0.270 e. The Labute approximate surface area is 203 Å². The standard InChI is InChI=1S/C24H24N4O6S/c1-18-13-22(11-12-23(18)34-2)35(32,33)27(16-19-7-4-3-5-8-19)17-24(29)26-25-15-20-9-6-10-21(14-20)28(30)31/h3-15H,16-17H2,1-2H3,(H,26,29)/b25-15+. The summed E-state index contributed by atoms with van der Waals surface area (Å²) in [5.41, 5.74) is 3.91. The van der Waals surface area contributed by atoms with Gasteiger partial charge in [0.15, 0.2) is 0 Å². The van der Waals surface area contributed by atoms with Gasteiger partial charge in [-0.2, -0.15) is 9.41 Å². The summed E-state index contributed by atoms with van der Waals surface area (Å²) >= 11 is 0. The monoisotopic (exact) mass is 496 g/mol. The van der Waals surface area contributed by atoms with Crippen molar-refractivity contribution >= 4 is 27.8 Å². The van der Waals surface area contributed by atoms with Crippen molar-refractivity contribution in [1.29, 1.82) is 0 Å². The highest BCUT2D eigenvalue weighted by Gasteiger charge is 2.27. The lowest BCUT2D eigenvalue weighted by molar-refractivity contribution is -0.384. The van der Waals surface area contributed by atoms with E-state index >= 15 is 0 Å². The third-order valence-electron chi connectivity index (χ3n) is 5.01. The number of non-ortho nitro benzene ring substituents is 1. The number of carbonyl (C=O) groups is 1. The molecule has 0 saturated heterocycles. The number of hydrogen-bond acceptors (Lipinski definition) is 7. The highest BCUT2D eigenvalue weighted by atomic mass is 32.2. The first kappa shape index (κ1) is 25.5. The van der Waals surface area contributed by atoms with Gasteiger partial charge in [0.1, 0.15) is 5.75 Å². The topological polar surface area (TPSA) is 131 Å². The average Bonchev–Trinajstić information content (AvgIpc) is 2.84. The minimum atomic E-state index is -4.04. The van der Waals surface area contributed by atoms with Crippen LogP contribution in [-0.4, -0.2) is 43.4 Å². The lowest BCUT2D eigenvalue weighted by Gasteiger charge is -2.22. The number of ether oxygens (including phenoxy) is 1. The molecule has 0 unspecified atom stereocenters. The van der Waals surface area contributed by atoms with Gasteiger partial charge < -0.3 is 4.74 Å². The zero-order valence-electron chi connectivity index (χ0n) is 19.1. The number of hydrogen-bond donors (Lipinski definition) is 1. The first-order chi connectivity index (χ1) is 16.7. The number of nitro benzene ring substituents is 1. The third-order valence-corrected chi connectivity index (χ3v) is 6.80. The van der Waals surface area contributed by atoms with Crippen molar-refractivity contribution in [1.82, 2.24) is 9.73 Å². The van der Waals surface area contributed by atoms with Crippen LogP contribution < -0.4 is 10.2 Å². The predicted octanol–water partition coefficient (Wildman–Crippen LogP) is 3.25. The summed E-state index contributed by atoms with van der Waals surface area (Å²) < 4.78 is 33.1. The molecule has 3 aromatic rings. The molecule has 1 N–H and O–H groups in total. The number of rotatable bonds is 10. The summed E-state index contributed by atoms with van der Waals surface area (Å²) in [5.74, 6) is -0.122. The van der Waals surface area contributed by atoms with Crippen LogP contribution >= 0.6 is 0 Å². The molecule has 0 heterocycles. The van der Waals surface area contributed by atoms with E-state index in [0.717, 1.165) is 4.31 Å². The molecule has 0 fully saturated rings. The average molecular weight is 497 g/mol. The van der Waals surface area contributed by atoms with Crippen LogP contribution in [0.4, 0.5) is 5.69 Å². The number of nitro groups is 1. The molecule has 0 spiro atoms. The van der Waals surface area contributed by atoms with E-state index in [4.69, 9.17) is 4.74 Å². The van der Waals surface area contributed by atoms with Crippen molar-refractivity contribution in [3.63, 3.8) is 0 Å². The van der Waals surface area contributed by atoms with Gasteiger partial charge in [0.25, 0.3) is 11.6 Å². The van der Waals surface area contributed by atoms with Crippen LogP contribution in [0.2, 0.25) is 0 Å². The van der Waals surface area contributed by atoms with E-state index in [1.54, 1.807) is 43.3 Å². The summed E-state index contributed by atoms with van der Waals surface area (Å²) in [6.45, 7) is 1.21. The van der Waals surface area contributed by atoms with E-state index in [-0.39, 0.29) is 17.1 Å². The molecule has 0 radical (unpaired) electrons. The third kappa shape index (κ3) is 6.71. The number of amides is 1. The molecular formula is C24H24N4O6S. The quantitative estimate of drug-likeness (QED) is 0.260.